The number of para-hydroxylation sites is 2. The van der Waals surface area contributed by atoms with Gasteiger partial charge in [0, 0.05) is 37.5 Å². The van der Waals surface area contributed by atoms with Gasteiger partial charge in [-0.2, -0.15) is 0 Å². The van der Waals surface area contributed by atoms with E-state index in [2.05, 4.69) is 5.32 Å². The van der Waals surface area contributed by atoms with Crippen molar-refractivity contribution in [3.8, 4) is 5.75 Å². The first-order valence-corrected chi connectivity index (χ1v) is 16.3. The molecule has 42 heavy (non-hydrogen) atoms. The number of hydrogen-bond acceptors (Lipinski definition) is 5. The Bertz CT molecular complexity index is 1420. The van der Waals surface area contributed by atoms with Gasteiger partial charge in [-0.15, -0.1) is 0 Å². The zero-order chi connectivity index (χ0) is 30.5. The highest BCUT2D eigenvalue weighted by molar-refractivity contribution is 7.92. The number of hydrogen-bond donors (Lipinski definition) is 1. The number of nitrogens with one attached hydrogen (secondary N) is 1. The van der Waals surface area contributed by atoms with Crippen LogP contribution in [0.1, 0.15) is 43.7 Å². The largest absolute Gasteiger partial charge is 0.495 e. The highest BCUT2D eigenvalue weighted by Gasteiger charge is 2.31. The maximum atomic E-state index is 13.9. The Morgan fingerprint density at radius 2 is 1.62 bits per heavy atom. The fraction of sp³-hybridized carbons (Fsp3) is 0.375. The minimum atomic E-state index is -3.66. The van der Waals surface area contributed by atoms with Crippen LogP contribution in [0.2, 0.25) is 5.02 Å². The Balaban J connectivity index is 1.89. The summed E-state index contributed by atoms with van der Waals surface area (Å²) in [5.41, 5.74) is 2.04. The first-order chi connectivity index (χ1) is 20.2. The number of ether oxygens (including phenoxy) is 1. The lowest BCUT2D eigenvalue weighted by atomic mass is 10.0. The SMILES string of the molecule is CCCCNC(=O)[C@H](Cc1ccccc1)N(Cc1ccccc1Cl)C(=O)CCCN(c1ccccc1OC)S(C)(=O)=O. The number of carbonyl (C=O) groups is 2. The monoisotopic (exact) mass is 613 g/mol. The smallest absolute Gasteiger partial charge is 0.243 e. The molecule has 0 aliphatic carbocycles. The number of halogens is 1. The number of anilines is 1. The molecule has 0 heterocycles. The Kier molecular flexibility index (Phi) is 12.7. The normalized spacial score (nSPS) is 11.9. The number of amides is 2. The van der Waals surface area contributed by atoms with Crippen molar-refractivity contribution in [3.63, 3.8) is 0 Å². The summed E-state index contributed by atoms with van der Waals surface area (Å²) >= 11 is 6.49. The molecule has 0 saturated carbocycles. The number of nitrogens with zero attached hydrogens (tertiary/aromatic N) is 2. The van der Waals surface area contributed by atoms with E-state index in [0.717, 1.165) is 30.2 Å². The van der Waals surface area contributed by atoms with E-state index in [0.29, 0.717) is 29.4 Å². The van der Waals surface area contributed by atoms with E-state index in [1.54, 1.807) is 35.2 Å². The van der Waals surface area contributed by atoms with Crippen LogP contribution in [0.15, 0.2) is 78.9 Å². The third kappa shape index (κ3) is 9.49. The van der Waals surface area contributed by atoms with E-state index in [1.807, 2.05) is 55.5 Å². The minimum Gasteiger partial charge on any atom is -0.495 e. The zero-order valence-electron chi connectivity index (χ0n) is 24.5. The maximum absolute atomic E-state index is 13.9. The van der Waals surface area contributed by atoms with Crippen molar-refractivity contribution in [2.75, 3.05) is 30.8 Å². The molecule has 8 nitrogen and oxygen atoms in total. The van der Waals surface area contributed by atoms with E-state index in [4.69, 9.17) is 16.3 Å². The average Bonchev–Trinajstić information content (AvgIpc) is 2.98. The number of unbranched alkanes of at least 4 members (excludes halogenated alkanes) is 1. The van der Waals surface area contributed by atoms with Gasteiger partial charge in [0.1, 0.15) is 11.8 Å². The van der Waals surface area contributed by atoms with Crippen LogP contribution in [0, 0.1) is 0 Å². The molecule has 0 fully saturated rings. The van der Waals surface area contributed by atoms with Crippen molar-refractivity contribution in [2.45, 2.75) is 51.6 Å². The second kappa shape index (κ2) is 16.2. The highest BCUT2D eigenvalue weighted by atomic mass is 35.5. The molecular weight excluding hydrogens is 574 g/mol. The molecule has 0 bridgehead atoms. The van der Waals surface area contributed by atoms with Crippen molar-refractivity contribution in [3.05, 3.63) is 95.0 Å². The van der Waals surface area contributed by atoms with Crippen molar-refractivity contribution < 1.29 is 22.7 Å². The van der Waals surface area contributed by atoms with Gasteiger partial charge in [-0.1, -0.05) is 85.6 Å². The summed E-state index contributed by atoms with van der Waals surface area (Å²) in [4.78, 5) is 29.1. The predicted molar refractivity (Wildman–Crippen MR) is 168 cm³/mol. The molecule has 226 valence electrons. The summed E-state index contributed by atoms with van der Waals surface area (Å²) in [6.07, 6.45) is 3.46. The second-order valence-corrected chi connectivity index (χ2v) is 12.4. The number of benzene rings is 3. The fourth-order valence-electron chi connectivity index (χ4n) is 4.69. The number of methoxy groups -OCH3 is 1. The summed E-state index contributed by atoms with van der Waals surface area (Å²) in [5, 5.41) is 3.50. The molecule has 0 unspecified atom stereocenters. The molecule has 0 spiro atoms. The van der Waals surface area contributed by atoms with E-state index in [-0.39, 0.29) is 37.7 Å². The first-order valence-electron chi connectivity index (χ1n) is 14.1. The van der Waals surface area contributed by atoms with Crippen LogP contribution in [0.5, 0.6) is 5.75 Å². The van der Waals surface area contributed by atoms with Gasteiger partial charge in [0.25, 0.3) is 0 Å². The topological polar surface area (TPSA) is 96.0 Å². The van der Waals surface area contributed by atoms with Gasteiger partial charge in [0.15, 0.2) is 0 Å². The Labute approximate surface area is 254 Å². The van der Waals surface area contributed by atoms with Gasteiger partial charge in [-0.25, -0.2) is 8.42 Å². The van der Waals surface area contributed by atoms with Gasteiger partial charge in [0.2, 0.25) is 21.8 Å². The molecule has 3 aromatic carbocycles. The van der Waals surface area contributed by atoms with Crippen LogP contribution in [-0.2, 0) is 32.6 Å². The average molecular weight is 614 g/mol. The summed E-state index contributed by atoms with van der Waals surface area (Å²) in [6.45, 7) is 2.76. The van der Waals surface area contributed by atoms with Crippen molar-refractivity contribution >= 4 is 39.1 Å². The number of rotatable bonds is 16. The molecule has 0 aliphatic rings. The molecule has 3 rings (SSSR count). The van der Waals surface area contributed by atoms with Crippen LogP contribution in [0.25, 0.3) is 0 Å². The molecule has 0 radical (unpaired) electrons. The Morgan fingerprint density at radius 1 is 0.952 bits per heavy atom. The lowest BCUT2D eigenvalue weighted by molar-refractivity contribution is -0.141. The lowest BCUT2D eigenvalue weighted by Gasteiger charge is -2.32. The van der Waals surface area contributed by atoms with E-state index in [9.17, 15) is 18.0 Å². The molecule has 0 aliphatic heterocycles. The van der Waals surface area contributed by atoms with Crippen molar-refractivity contribution in [1.29, 1.82) is 0 Å². The predicted octanol–water partition coefficient (Wildman–Crippen LogP) is 5.45. The molecule has 0 saturated heterocycles. The van der Waals surface area contributed by atoms with Crippen LogP contribution in [0.3, 0.4) is 0 Å². The third-order valence-electron chi connectivity index (χ3n) is 6.91. The van der Waals surface area contributed by atoms with Crippen molar-refractivity contribution in [2.24, 2.45) is 0 Å². The summed E-state index contributed by atoms with van der Waals surface area (Å²) < 4.78 is 32.1. The van der Waals surface area contributed by atoms with Crippen LogP contribution < -0.4 is 14.4 Å². The summed E-state index contributed by atoms with van der Waals surface area (Å²) in [6, 6.07) is 22.9. The van der Waals surface area contributed by atoms with E-state index >= 15 is 0 Å². The van der Waals surface area contributed by atoms with Gasteiger partial charge in [0.05, 0.1) is 19.1 Å². The van der Waals surface area contributed by atoms with Gasteiger partial charge < -0.3 is 15.0 Å². The second-order valence-electron chi connectivity index (χ2n) is 10.1. The van der Waals surface area contributed by atoms with E-state index < -0.39 is 16.1 Å². The summed E-state index contributed by atoms with van der Waals surface area (Å²) in [7, 11) is -2.18. The van der Waals surface area contributed by atoms with Crippen LogP contribution >= 0.6 is 11.6 Å². The fourth-order valence-corrected chi connectivity index (χ4v) is 5.85. The zero-order valence-corrected chi connectivity index (χ0v) is 26.0. The number of carbonyl (C=O) groups excluding carboxylic acids is 2. The molecule has 3 aromatic rings. The van der Waals surface area contributed by atoms with Crippen molar-refractivity contribution in [1.82, 2.24) is 10.2 Å². The summed E-state index contributed by atoms with van der Waals surface area (Å²) in [5.74, 6) is -0.0873. The molecule has 1 atom stereocenters. The van der Waals surface area contributed by atoms with Gasteiger partial charge >= 0.3 is 0 Å². The highest BCUT2D eigenvalue weighted by Crippen LogP contribution is 2.30. The molecule has 2 amide bonds. The molecular formula is C32H40ClN3O5S. The molecule has 0 aromatic heterocycles. The molecule has 10 heteroatoms. The van der Waals surface area contributed by atoms with Crippen LogP contribution in [-0.4, -0.2) is 57.6 Å². The lowest BCUT2D eigenvalue weighted by Crippen LogP contribution is -2.50. The van der Waals surface area contributed by atoms with E-state index in [1.165, 1.54) is 11.4 Å². The quantitative estimate of drug-likeness (QED) is 0.217. The van der Waals surface area contributed by atoms with Gasteiger partial charge in [-0.3, -0.25) is 13.9 Å². The molecule has 1 N–H and O–H groups in total. The van der Waals surface area contributed by atoms with Gasteiger partial charge in [-0.05, 0) is 42.2 Å². The maximum Gasteiger partial charge on any atom is 0.243 e. The standard InChI is InChI=1S/C32H40ClN3O5S/c1-4-5-21-34-32(38)29(23-25-14-7-6-8-15-25)35(24-26-16-9-10-17-27(26)33)31(37)20-13-22-36(42(3,39)40)28-18-11-12-19-30(28)41-2/h6-12,14-19,29H,4-5,13,20-24H2,1-3H3,(H,34,38)/t29-/m0/s1. The Hall–Kier alpha value is -3.56. The third-order valence-corrected chi connectivity index (χ3v) is 8.45. The number of sulfonamides is 1. The Morgan fingerprint density at radius 3 is 2.29 bits per heavy atom. The first kappa shape index (κ1) is 32.9. The van der Waals surface area contributed by atoms with Crippen LogP contribution in [0.4, 0.5) is 5.69 Å². The minimum absolute atomic E-state index is 0.0269.